The van der Waals surface area contributed by atoms with Gasteiger partial charge < -0.3 is 4.99 Å². The van der Waals surface area contributed by atoms with Crippen molar-refractivity contribution in [1.82, 2.24) is 5.01 Å². The summed E-state index contributed by atoms with van der Waals surface area (Å²) in [5.74, 6) is 1.14. The van der Waals surface area contributed by atoms with E-state index in [0.29, 0.717) is 0 Å². The molecule has 76 valence electrons. The summed E-state index contributed by atoms with van der Waals surface area (Å²) in [6.07, 6.45) is 4.11. The summed E-state index contributed by atoms with van der Waals surface area (Å²) in [6.45, 7) is 6.21. The first-order valence-corrected chi connectivity index (χ1v) is 4.72. The maximum Gasteiger partial charge on any atom is 0.256 e. The summed E-state index contributed by atoms with van der Waals surface area (Å²) >= 11 is 0. The van der Waals surface area contributed by atoms with Gasteiger partial charge in [-0.15, -0.1) is 0 Å². The minimum atomic E-state index is -0.141. The predicted molar refractivity (Wildman–Crippen MR) is 55.7 cm³/mol. The Morgan fingerprint density at radius 3 is 3.00 bits per heavy atom. The van der Waals surface area contributed by atoms with Gasteiger partial charge in [0.15, 0.2) is 0 Å². The topological polar surface area (TPSA) is 20.0 Å². The molecule has 3 rings (SSSR count). The Morgan fingerprint density at radius 1 is 1.53 bits per heavy atom. The summed E-state index contributed by atoms with van der Waals surface area (Å²) in [7, 11) is 0. The molecule has 0 saturated carbocycles. The van der Waals surface area contributed by atoms with Crippen LogP contribution >= 0.6 is 0 Å². The van der Waals surface area contributed by atoms with Crippen molar-refractivity contribution in [1.29, 1.82) is 0 Å². The van der Waals surface area contributed by atoms with Gasteiger partial charge in [-0.3, -0.25) is 0 Å². The van der Waals surface area contributed by atoms with E-state index >= 15 is 0 Å². The van der Waals surface area contributed by atoms with Crippen molar-refractivity contribution in [3.8, 4) is 6.07 Å². The zero-order valence-corrected chi connectivity index (χ0v) is 10.2. The molecule has 1 aliphatic carbocycles. The van der Waals surface area contributed by atoms with E-state index in [1.165, 1.54) is 0 Å². The molecule has 0 aromatic carbocycles. The number of hydrogen-bond donors (Lipinski definition) is 0. The number of aliphatic imine (C=N–C) groups is 1. The molecule has 1 unspecified atom stereocenters. The minimum Gasteiger partial charge on any atom is -0.351 e. The molecule has 0 bridgehead atoms. The second-order valence-electron chi connectivity index (χ2n) is 4.08. The van der Waals surface area contributed by atoms with Gasteiger partial charge in [-0.2, -0.15) is 6.08 Å². The molecular weight excluding hydrogens is 226 g/mol. The molecule has 3 nitrogen and oxygen atoms in total. The van der Waals surface area contributed by atoms with Crippen LogP contribution in [0.1, 0.15) is 20.8 Å². The molecule has 0 radical (unpaired) electrons. The molecule has 0 amide bonds. The van der Waals surface area contributed by atoms with Crippen LogP contribution in [0.3, 0.4) is 0 Å². The maximum absolute atomic E-state index is 4.55. The van der Waals surface area contributed by atoms with Gasteiger partial charge in [0, 0.05) is 23.1 Å². The fraction of sp³-hybridized carbons (Fsp3) is 0.364. The van der Waals surface area contributed by atoms with Crippen LogP contribution in [0.25, 0.3) is 4.95 Å². The fourth-order valence-electron chi connectivity index (χ4n) is 2.20. The first-order valence-electron chi connectivity index (χ1n) is 4.72. The standard InChI is InChI=1S/C11H11N3.Cr/c1-7-4-8(2)14-11(3)9(6-12-14)5-10(11)13-7;/h4-5H,1-3H3;. The van der Waals surface area contributed by atoms with Crippen LogP contribution in [0, 0.1) is 12.0 Å². The quantitative estimate of drug-likeness (QED) is 0.591. The largest absolute Gasteiger partial charge is 0.351 e. The summed E-state index contributed by atoms with van der Waals surface area (Å²) < 4.78 is 0. The van der Waals surface area contributed by atoms with Gasteiger partial charge in [0.1, 0.15) is 0 Å². The van der Waals surface area contributed by atoms with Gasteiger partial charge in [-0.05, 0) is 25.8 Å². The van der Waals surface area contributed by atoms with Crippen LogP contribution < -0.4 is 0 Å². The number of hydrogen-bond acceptors (Lipinski definition) is 2. The molecule has 3 aliphatic rings. The van der Waals surface area contributed by atoms with Crippen LogP contribution in [-0.2, 0) is 17.4 Å². The fourth-order valence-corrected chi connectivity index (χ4v) is 2.20. The number of rotatable bonds is 0. The van der Waals surface area contributed by atoms with Gasteiger partial charge in [0.2, 0.25) is 0 Å². The van der Waals surface area contributed by atoms with Gasteiger partial charge in [-0.25, -0.2) is 0 Å². The SMILES string of the molecule is CC1=CC(C)=NC2=C[C-]3C#[N+]N1C23C.[Cr]. The number of nitrogens with zero attached hydrogens (tertiary/aromatic N) is 3. The van der Waals surface area contributed by atoms with E-state index in [0.717, 1.165) is 23.0 Å². The Bertz CT molecular complexity index is 478. The zero-order chi connectivity index (χ0) is 9.92. The van der Waals surface area contributed by atoms with Crippen molar-refractivity contribution in [2.75, 3.05) is 0 Å². The average molecular weight is 237 g/mol. The van der Waals surface area contributed by atoms with E-state index in [2.05, 4.69) is 42.0 Å². The second-order valence-corrected chi connectivity index (χ2v) is 4.08. The van der Waals surface area contributed by atoms with Gasteiger partial charge >= 0.3 is 0 Å². The zero-order valence-electron chi connectivity index (χ0n) is 8.90. The molecule has 0 aromatic rings. The van der Waals surface area contributed by atoms with E-state index in [-0.39, 0.29) is 22.9 Å². The van der Waals surface area contributed by atoms with E-state index < -0.39 is 0 Å². The summed E-state index contributed by atoms with van der Waals surface area (Å²) in [6, 6.07) is 3.02. The third kappa shape index (κ3) is 1.05. The molecule has 0 N–H and O–H groups in total. The molecule has 4 heteroatoms. The molecule has 2 aliphatic heterocycles. The van der Waals surface area contributed by atoms with Crippen molar-refractivity contribution in [2.45, 2.75) is 26.3 Å². The van der Waals surface area contributed by atoms with Gasteiger partial charge in [0.05, 0.1) is 16.2 Å². The Balaban J connectivity index is 0.000000853. The smallest absolute Gasteiger partial charge is 0.256 e. The molecule has 0 spiro atoms. The Kier molecular flexibility index (Phi) is 2.02. The molecular formula is C11H11CrN3. The second kappa shape index (κ2) is 2.92. The van der Waals surface area contributed by atoms with Crippen LogP contribution in [-0.4, -0.2) is 16.3 Å². The van der Waals surface area contributed by atoms with E-state index in [1.807, 2.05) is 11.9 Å². The molecule has 0 fully saturated rings. The summed E-state index contributed by atoms with van der Waals surface area (Å²) in [4.78, 5) is 8.83. The first-order chi connectivity index (χ1) is 6.62. The third-order valence-electron chi connectivity index (χ3n) is 3.05. The molecule has 0 saturated heterocycles. The Labute approximate surface area is 100 Å². The van der Waals surface area contributed by atoms with E-state index in [9.17, 15) is 0 Å². The van der Waals surface area contributed by atoms with Crippen molar-refractivity contribution in [2.24, 2.45) is 4.99 Å². The summed E-state index contributed by atoms with van der Waals surface area (Å²) in [5.41, 5.74) is 3.11. The Hall–Kier alpha value is -1.16. The maximum atomic E-state index is 4.55. The average Bonchev–Trinajstić information content (AvgIpc) is 2.35. The van der Waals surface area contributed by atoms with Crippen LogP contribution in [0.4, 0.5) is 0 Å². The summed E-state index contributed by atoms with van der Waals surface area (Å²) in [5, 5.41) is 2.00. The van der Waals surface area contributed by atoms with Crippen LogP contribution in [0.5, 0.6) is 0 Å². The molecule has 15 heavy (non-hydrogen) atoms. The Morgan fingerprint density at radius 2 is 2.27 bits per heavy atom. The first kappa shape index (κ1) is 10.4. The number of allylic oxidation sites excluding steroid dienone is 2. The van der Waals surface area contributed by atoms with Gasteiger partial charge in [0.25, 0.3) is 6.07 Å². The van der Waals surface area contributed by atoms with Gasteiger partial charge in [-0.1, -0.05) is 17.6 Å². The van der Waals surface area contributed by atoms with Crippen LogP contribution in [0.2, 0.25) is 0 Å². The van der Waals surface area contributed by atoms with Crippen molar-refractivity contribution >= 4 is 5.71 Å². The molecule has 2 heterocycles. The molecule has 0 aromatic heterocycles. The van der Waals surface area contributed by atoms with Crippen molar-refractivity contribution < 1.29 is 17.4 Å². The van der Waals surface area contributed by atoms with Crippen molar-refractivity contribution in [3.05, 3.63) is 34.4 Å². The predicted octanol–water partition coefficient (Wildman–Crippen LogP) is 2.16. The van der Waals surface area contributed by atoms with Crippen LogP contribution in [0.15, 0.2) is 28.5 Å². The molecule has 1 atom stereocenters. The van der Waals surface area contributed by atoms with E-state index in [1.54, 1.807) is 0 Å². The van der Waals surface area contributed by atoms with Crippen molar-refractivity contribution in [3.63, 3.8) is 0 Å². The monoisotopic (exact) mass is 237 g/mol. The normalized spacial score (nSPS) is 29.7. The third-order valence-corrected chi connectivity index (χ3v) is 3.05. The minimum absolute atomic E-state index is 0. The van der Waals surface area contributed by atoms with E-state index in [4.69, 9.17) is 0 Å².